The highest BCUT2D eigenvalue weighted by atomic mass is 16.5. The highest BCUT2D eigenvalue weighted by Gasteiger charge is 2.37. The molecule has 2 aromatic heterocycles. The minimum absolute atomic E-state index is 0.301. The molecule has 7 nitrogen and oxygen atoms in total. The van der Waals surface area contributed by atoms with Gasteiger partial charge in [0.15, 0.2) is 5.82 Å². The van der Waals surface area contributed by atoms with Gasteiger partial charge in [-0.15, -0.1) is 0 Å². The van der Waals surface area contributed by atoms with Crippen molar-refractivity contribution in [3.8, 4) is 11.6 Å². The zero-order chi connectivity index (χ0) is 13.5. The summed E-state index contributed by atoms with van der Waals surface area (Å²) in [5, 5.41) is 3.93. The van der Waals surface area contributed by atoms with Gasteiger partial charge in [-0.05, 0) is 33.4 Å². The van der Waals surface area contributed by atoms with Crippen LogP contribution < -0.4 is 5.73 Å². The molecule has 1 aliphatic rings. The Morgan fingerprint density at radius 2 is 2.26 bits per heavy atom. The molecule has 102 valence electrons. The molecule has 0 amide bonds. The van der Waals surface area contributed by atoms with Crippen molar-refractivity contribution in [2.24, 2.45) is 5.73 Å². The maximum atomic E-state index is 6.22. The minimum atomic E-state index is -0.301. The van der Waals surface area contributed by atoms with Crippen LogP contribution in [-0.2, 0) is 12.1 Å². The SMILES string of the molecule is CN(C)Cc1noc(-c2cnc(C3(N)CCC3)[nH]2)n1. The van der Waals surface area contributed by atoms with Crippen molar-refractivity contribution in [1.29, 1.82) is 0 Å². The third-order valence-electron chi connectivity index (χ3n) is 3.45. The van der Waals surface area contributed by atoms with Crippen LogP contribution in [0.4, 0.5) is 0 Å². The maximum Gasteiger partial charge on any atom is 0.276 e. The van der Waals surface area contributed by atoms with Crippen molar-refractivity contribution in [1.82, 2.24) is 25.0 Å². The van der Waals surface area contributed by atoms with Crippen molar-refractivity contribution < 1.29 is 4.52 Å². The number of imidazole rings is 1. The van der Waals surface area contributed by atoms with Crippen LogP contribution in [0.25, 0.3) is 11.6 Å². The van der Waals surface area contributed by atoms with E-state index in [-0.39, 0.29) is 5.54 Å². The number of hydrogen-bond acceptors (Lipinski definition) is 6. The lowest BCUT2D eigenvalue weighted by atomic mass is 9.77. The third-order valence-corrected chi connectivity index (χ3v) is 3.45. The van der Waals surface area contributed by atoms with Crippen LogP contribution in [0, 0.1) is 0 Å². The summed E-state index contributed by atoms with van der Waals surface area (Å²) in [6.45, 7) is 0.644. The average molecular weight is 262 g/mol. The first-order valence-electron chi connectivity index (χ1n) is 6.39. The quantitative estimate of drug-likeness (QED) is 0.848. The van der Waals surface area contributed by atoms with Crippen LogP contribution in [0.3, 0.4) is 0 Å². The fourth-order valence-corrected chi connectivity index (χ4v) is 2.19. The molecule has 0 saturated heterocycles. The highest BCUT2D eigenvalue weighted by molar-refractivity contribution is 5.45. The first kappa shape index (κ1) is 12.3. The Hall–Kier alpha value is -1.73. The van der Waals surface area contributed by atoms with Gasteiger partial charge in [-0.25, -0.2) is 4.98 Å². The second-order valence-electron chi connectivity index (χ2n) is 5.41. The van der Waals surface area contributed by atoms with E-state index in [0.29, 0.717) is 18.3 Å². The number of rotatable bonds is 4. The van der Waals surface area contributed by atoms with E-state index in [1.807, 2.05) is 19.0 Å². The first-order chi connectivity index (χ1) is 9.07. The van der Waals surface area contributed by atoms with Crippen molar-refractivity contribution in [3.05, 3.63) is 17.8 Å². The highest BCUT2D eigenvalue weighted by Crippen LogP contribution is 2.37. The van der Waals surface area contributed by atoms with Gasteiger partial charge in [-0.1, -0.05) is 5.16 Å². The predicted molar refractivity (Wildman–Crippen MR) is 69.0 cm³/mol. The lowest BCUT2D eigenvalue weighted by Gasteiger charge is -2.35. The molecular weight excluding hydrogens is 244 g/mol. The topological polar surface area (TPSA) is 96.9 Å². The zero-order valence-corrected chi connectivity index (χ0v) is 11.2. The molecule has 0 atom stereocenters. The Balaban J connectivity index is 1.80. The molecule has 0 unspecified atom stereocenters. The van der Waals surface area contributed by atoms with E-state index in [4.69, 9.17) is 10.3 Å². The van der Waals surface area contributed by atoms with E-state index in [2.05, 4.69) is 20.1 Å². The Morgan fingerprint density at radius 1 is 1.47 bits per heavy atom. The summed E-state index contributed by atoms with van der Waals surface area (Å²) in [7, 11) is 3.91. The molecule has 2 aromatic rings. The second-order valence-corrected chi connectivity index (χ2v) is 5.41. The number of nitrogens with two attached hydrogens (primary N) is 1. The molecule has 0 aromatic carbocycles. The third kappa shape index (κ3) is 2.26. The smallest absolute Gasteiger partial charge is 0.276 e. The normalized spacial score (nSPS) is 17.7. The van der Waals surface area contributed by atoms with Crippen LogP contribution >= 0.6 is 0 Å². The summed E-state index contributed by atoms with van der Waals surface area (Å²) in [6.07, 6.45) is 4.79. The lowest BCUT2D eigenvalue weighted by Crippen LogP contribution is -2.44. The summed E-state index contributed by atoms with van der Waals surface area (Å²) >= 11 is 0. The number of H-pyrrole nitrogens is 1. The molecule has 3 rings (SSSR count). The van der Waals surface area contributed by atoms with Crippen LogP contribution in [0.5, 0.6) is 0 Å². The molecule has 1 fully saturated rings. The van der Waals surface area contributed by atoms with Crippen LogP contribution in [0.1, 0.15) is 30.9 Å². The van der Waals surface area contributed by atoms with Gasteiger partial charge in [0, 0.05) is 0 Å². The van der Waals surface area contributed by atoms with E-state index in [0.717, 1.165) is 30.8 Å². The predicted octanol–water partition coefficient (Wildman–Crippen LogP) is 0.859. The fourth-order valence-electron chi connectivity index (χ4n) is 2.19. The molecule has 0 aliphatic heterocycles. The van der Waals surface area contributed by atoms with Gasteiger partial charge in [0.1, 0.15) is 11.5 Å². The van der Waals surface area contributed by atoms with E-state index in [1.54, 1.807) is 6.20 Å². The molecule has 3 N–H and O–H groups in total. The van der Waals surface area contributed by atoms with E-state index < -0.39 is 0 Å². The molecule has 19 heavy (non-hydrogen) atoms. The van der Waals surface area contributed by atoms with Gasteiger partial charge in [-0.3, -0.25) is 0 Å². The summed E-state index contributed by atoms with van der Waals surface area (Å²) < 4.78 is 5.23. The van der Waals surface area contributed by atoms with Crippen LogP contribution in [0.2, 0.25) is 0 Å². The summed E-state index contributed by atoms with van der Waals surface area (Å²) in [5.74, 6) is 1.92. The Labute approximate surface area is 111 Å². The van der Waals surface area contributed by atoms with Gasteiger partial charge in [0.05, 0.1) is 18.3 Å². The maximum absolute atomic E-state index is 6.22. The molecule has 1 aliphatic carbocycles. The van der Waals surface area contributed by atoms with E-state index in [9.17, 15) is 0 Å². The molecule has 1 saturated carbocycles. The average Bonchev–Trinajstić information content (AvgIpc) is 2.93. The first-order valence-corrected chi connectivity index (χ1v) is 6.39. The molecule has 2 heterocycles. The number of aromatic amines is 1. The molecule has 7 heteroatoms. The van der Waals surface area contributed by atoms with E-state index >= 15 is 0 Å². The monoisotopic (exact) mass is 262 g/mol. The largest absolute Gasteiger partial charge is 0.336 e. The Bertz CT molecular complexity index is 568. The summed E-state index contributed by atoms with van der Waals surface area (Å²) in [6, 6.07) is 0. The minimum Gasteiger partial charge on any atom is -0.336 e. The van der Waals surface area contributed by atoms with Crippen molar-refractivity contribution in [2.75, 3.05) is 14.1 Å². The van der Waals surface area contributed by atoms with Gasteiger partial charge in [0.2, 0.25) is 0 Å². The fraction of sp³-hybridized carbons (Fsp3) is 0.583. The molecular formula is C12H18N6O. The second kappa shape index (κ2) is 4.43. The number of aromatic nitrogens is 4. The van der Waals surface area contributed by atoms with Crippen LogP contribution in [0.15, 0.2) is 10.7 Å². The van der Waals surface area contributed by atoms with Gasteiger partial charge in [0.25, 0.3) is 5.89 Å². The lowest BCUT2D eigenvalue weighted by molar-refractivity contribution is 0.240. The summed E-state index contributed by atoms with van der Waals surface area (Å²) in [4.78, 5) is 13.8. The van der Waals surface area contributed by atoms with Gasteiger partial charge < -0.3 is 20.1 Å². The standard InChI is InChI=1S/C12H18N6O/c1-18(2)7-9-16-10(19-17-9)8-6-14-11(15-8)12(13)4-3-5-12/h6H,3-5,7,13H2,1-2H3,(H,14,15). The number of nitrogens with zero attached hydrogens (tertiary/aromatic N) is 4. The molecule has 0 spiro atoms. The van der Waals surface area contributed by atoms with Crippen molar-refractivity contribution >= 4 is 0 Å². The van der Waals surface area contributed by atoms with E-state index in [1.165, 1.54) is 0 Å². The Morgan fingerprint density at radius 3 is 2.89 bits per heavy atom. The summed E-state index contributed by atoms with van der Waals surface area (Å²) in [5.41, 5.74) is 6.64. The van der Waals surface area contributed by atoms with Crippen LogP contribution in [-0.4, -0.2) is 39.1 Å². The number of nitrogens with one attached hydrogen (secondary N) is 1. The van der Waals surface area contributed by atoms with Crippen molar-refractivity contribution in [3.63, 3.8) is 0 Å². The molecule has 0 radical (unpaired) electrons. The van der Waals surface area contributed by atoms with Gasteiger partial charge in [-0.2, -0.15) is 4.98 Å². The molecule has 0 bridgehead atoms. The Kier molecular flexibility index (Phi) is 2.87. The number of hydrogen-bond donors (Lipinski definition) is 2. The van der Waals surface area contributed by atoms with Crippen molar-refractivity contribution in [2.45, 2.75) is 31.3 Å². The van der Waals surface area contributed by atoms with Gasteiger partial charge >= 0.3 is 0 Å². The zero-order valence-electron chi connectivity index (χ0n) is 11.2.